The molecule has 0 aliphatic carbocycles. The van der Waals surface area contributed by atoms with Crippen molar-refractivity contribution < 1.29 is 17.9 Å². The zero-order valence-corrected chi connectivity index (χ0v) is 15.0. The molecule has 6 nitrogen and oxygen atoms in total. The van der Waals surface area contributed by atoms with Crippen LogP contribution in [-0.2, 0) is 26.1 Å². The Morgan fingerprint density at radius 1 is 1.48 bits per heavy atom. The van der Waals surface area contributed by atoms with E-state index >= 15 is 0 Å². The summed E-state index contributed by atoms with van der Waals surface area (Å²) < 4.78 is 39.3. The molecule has 0 saturated carbocycles. The van der Waals surface area contributed by atoms with Crippen LogP contribution in [0.2, 0.25) is 0 Å². The molecule has 3 heterocycles. The summed E-state index contributed by atoms with van der Waals surface area (Å²) in [6, 6.07) is 1.38. The third-order valence-electron chi connectivity index (χ3n) is 3.51. The summed E-state index contributed by atoms with van der Waals surface area (Å²) in [5.74, 6) is 0. The van der Waals surface area contributed by atoms with Crippen molar-refractivity contribution in [2.75, 3.05) is 13.2 Å². The number of nitrogens with zero attached hydrogens (tertiary/aromatic N) is 1. The summed E-state index contributed by atoms with van der Waals surface area (Å²) in [7, 11) is -3.52. The average Bonchev–Trinajstić information content (AvgIpc) is 3.17. The molecule has 9 heteroatoms. The first kappa shape index (κ1) is 17.0. The predicted molar refractivity (Wildman–Crippen MR) is 89.3 cm³/mol. The lowest BCUT2D eigenvalue weighted by atomic mass is 10.1. The van der Waals surface area contributed by atoms with Gasteiger partial charge < -0.3 is 9.47 Å². The fourth-order valence-corrected chi connectivity index (χ4v) is 5.40. The van der Waals surface area contributed by atoms with Crippen LogP contribution in [0.15, 0.2) is 26.5 Å². The van der Waals surface area contributed by atoms with E-state index in [1.165, 1.54) is 22.7 Å². The van der Waals surface area contributed by atoms with Crippen LogP contribution in [0.3, 0.4) is 0 Å². The maximum absolute atomic E-state index is 12.5. The van der Waals surface area contributed by atoms with Gasteiger partial charge in [-0.05, 0) is 30.4 Å². The third kappa shape index (κ3) is 4.37. The minimum Gasteiger partial charge on any atom is -0.379 e. The zero-order valence-electron chi connectivity index (χ0n) is 12.6. The second kappa shape index (κ2) is 7.37. The van der Waals surface area contributed by atoms with Crippen molar-refractivity contribution in [3.05, 3.63) is 33.6 Å². The van der Waals surface area contributed by atoms with Gasteiger partial charge >= 0.3 is 0 Å². The molecule has 1 N–H and O–H groups in total. The van der Waals surface area contributed by atoms with E-state index in [2.05, 4.69) is 9.71 Å². The van der Waals surface area contributed by atoms with Crippen molar-refractivity contribution in [1.82, 2.24) is 9.71 Å². The van der Waals surface area contributed by atoms with Crippen molar-refractivity contribution >= 4 is 32.7 Å². The zero-order chi connectivity index (χ0) is 16.3. The summed E-state index contributed by atoms with van der Waals surface area (Å²) in [5.41, 5.74) is 3.53. The number of thiazole rings is 1. The molecule has 0 amide bonds. The Balaban J connectivity index is 1.66. The second-order valence-corrected chi connectivity index (χ2v) is 8.93. The molecule has 3 rings (SSSR count). The van der Waals surface area contributed by atoms with Crippen molar-refractivity contribution in [1.29, 1.82) is 0 Å². The van der Waals surface area contributed by atoms with E-state index in [4.69, 9.17) is 9.47 Å². The molecule has 1 aliphatic heterocycles. The van der Waals surface area contributed by atoms with E-state index < -0.39 is 10.0 Å². The number of hydrogen-bond donors (Lipinski definition) is 1. The van der Waals surface area contributed by atoms with Crippen molar-refractivity contribution in [2.45, 2.75) is 36.3 Å². The Hall–Kier alpha value is -0.840. The SMILES string of the molecule is Cc1csc(S(=O)(=O)N[C@@H]2CCOC[C@H]2OCc2cscn2)c1. The van der Waals surface area contributed by atoms with E-state index in [0.717, 1.165) is 11.3 Å². The lowest BCUT2D eigenvalue weighted by molar-refractivity contribution is -0.0717. The van der Waals surface area contributed by atoms with Gasteiger partial charge in [0.15, 0.2) is 0 Å². The normalized spacial score (nSPS) is 22.3. The molecule has 23 heavy (non-hydrogen) atoms. The minimum atomic E-state index is -3.52. The summed E-state index contributed by atoms with van der Waals surface area (Å²) >= 11 is 2.73. The van der Waals surface area contributed by atoms with Gasteiger partial charge in [-0.25, -0.2) is 18.1 Å². The Kier molecular flexibility index (Phi) is 5.45. The largest absolute Gasteiger partial charge is 0.379 e. The van der Waals surface area contributed by atoms with Crippen LogP contribution in [0.1, 0.15) is 17.7 Å². The number of hydrogen-bond acceptors (Lipinski definition) is 7. The van der Waals surface area contributed by atoms with Crippen molar-refractivity contribution in [2.24, 2.45) is 0 Å². The molecule has 0 unspecified atom stereocenters. The maximum Gasteiger partial charge on any atom is 0.250 e. The minimum absolute atomic E-state index is 0.296. The van der Waals surface area contributed by atoms with Gasteiger partial charge in [0.05, 0.1) is 36.6 Å². The van der Waals surface area contributed by atoms with Gasteiger partial charge in [-0.3, -0.25) is 0 Å². The first-order valence-corrected chi connectivity index (χ1v) is 10.5. The van der Waals surface area contributed by atoms with Crippen LogP contribution in [0.5, 0.6) is 0 Å². The molecule has 1 saturated heterocycles. The molecule has 0 bridgehead atoms. The summed E-state index contributed by atoms with van der Waals surface area (Å²) in [4.78, 5) is 4.17. The van der Waals surface area contributed by atoms with Crippen LogP contribution in [0.25, 0.3) is 0 Å². The molecule has 0 radical (unpaired) electrons. The quantitative estimate of drug-likeness (QED) is 0.838. The highest BCUT2D eigenvalue weighted by Gasteiger charge is 2.31. The number of aromatic nitrogens is 1. The van der Waals surface area contributed by atoms with E-state index in [1.807, 2.05) is 17.7 Å². The second-order valence-electron chi connectivity index (χ2n) is 5.36. The van der Waals surface area contributed by atoms with E-state index in [9.17, 15) is 8.42 Å². The monoisotopic (exact) mass is 374 g/mol. The van der Waals surface area contributed by atoms with Gasteiger partial charge in [0.2, 0.25) is 10.0 Å². The van der Waals surface area contributed by atoms with Gasteiger partial charge in [-0.2, -0.15) is 0 Å². The summed E-state index contributed by atoms with van der Waals surface area (Å²) in [6.07, 6.45) is 0.270. The number of aryl methyl sites for hydroxylation is 1. The lowest BCUT2D eigenvalue weighted by Gasteiger charge is -2.31. The highest BCUT2D eigenvalue weighted by Crippen LogP contribution is 2.22. The molecule has 0 aromatic carbocycles. The molecule has 1 aliphatic rings. The lowest BCUT2D eigenvalue weighted by Crippen LogP contribution is -2.49. The van der Waals surface area contributed by atoms with Gasteiger partial charge in [-0.1, -0.05) is 0 Å². The molecule has 2 aromatic rings. The van der Waals surface area contributed by atoms with Gasteiger partial charge in [-0.15, -0.1) is 22.7 Å². The van der Waals surface area contributed by atoms with Crippen LogP contribution >= 0.6 is 22.7 Å². The molecule has 0 spiro atoms. The summed E-state index contributed by atoms with van der Waals surface area (Å²) in [6.45, 7) is 3.13. The van der Waals surface area contributed by atoms with E-state index in [-0.39, 0.29) is 12.1 Å². The number of nitrogens with one attached hydrogen (secondary N) is 1. The first-order valence-electron chi connectivity index (χ1n) is 7.18. The Bertz CT molecular complexity index is 727. The van der Waals surface area contributed by atoms with Crippen molar-refractivity contribution in [3.63, 3.8) is 0 Å². The van der Waals surface area contributed by atoms with E-state index in [0.29, 0.717) is 30.5 Å². The maximum atomic E-state index is 12.5. The van der Waals surface area contributed by atoms with Gasteiger partial charge in [0, 0.05) is 12.0 Å². The first-order chi connectivity index (χ1) is 11.0. The Labute approximate surface area is 143 Å². The van der Waals surface area contributed by atoms with Gasteiger partial charge in [0.25, 0.3) is 0 Å². The van der Waals surface area contributed by atoms with Crippen LogP contribution in [0, 0.1) is 6.92 Å². The van der Waals surface area contributed by atoms with Crippen LogP contribution in [0.4, 0.5) is 0 Å². The Morgan fingerprint density at radius 2 is 2.35 bits per heavy atom. The molecular weight excluding hydrogens is 356 g/mol. The summed E-state index contributed by atoms with van der Waals surface area (Å²) in [5, 5.41) is 3.74. The number of thiophene rings is 1. The van der Waals surface area contributed by atoms with Crippen LogP contribution < -0.4 is 4.72 Å². The average molecular weight is 375 g/mol. The highest BCUT2D eigenvalue weighted by molar-refractivity contribution is 7.91. The third-order valence-corrected chi connectivity index (χ3v) is 7.19. The van der Waals surface area contributed by atoms with Crippen molar-refractivity contribution in [3.8, 4) is 0 Å². The number of rotatable bonds is 6. The number of ether oxygens (including phenoxy) is 2. The molecule has 2 aromatic heterocycles. The van der Waals surface area contributed by atoms with Crippen LogP contribution in [-0.4, -0.2) is 38.8 Å². The molecule has 2 atom stereocenters. The molecule has 1 fully saturated rings. The molecular formula is C14H18N2O4S3. The smallest absolute Gasteiger partial charge is 0.250 e. The molecule has 126 valence electrons. The standard InChI is InChI=1S/C14H18N2O4S3/c1-10-4-14(22-7-10)23(17,18)16-12-2-3-19-6-13(12)20-5-11-8-21-9-15-11/h4,7-9,12-13,16H,2-3,5-6H2,1H3/t12-,13-/m1/s1. The fraction of sp³-hybridized carbons (Fsp3) is 0.500. The predicted octanol–water partition coefficient (Wildman–Crippen LogP) is 2.17. The fourth-order valence-electron chi connectivity index (χ4n) is 2.32. The van der Waals surface area contributed by atoms with Gasteiger partial charge in [0.1, 0.15) is 4.21 Å². The number of sulfonamides is 1. The van der Waals surface area contributed by atoms with E-state index in [1.54, 1.807) is 11.6 Å². The Morgan fingerprint density at radius 3 is 3.04 bits per heavy atom. The highest BCUT2D eigenvalue weighted by atomic mass is 32.2. The topological polar surface area (TPSA) is 77.5 Å².